The predicted molar refractivity (Wildman–Crippen MR) is 117 cm³/mol. The number of phenols is 1. The molecule has 31 heavy (non-hydrogen) atoms. The molecule has 1 heterocycles. The maximum absolute atomic E-state index is 13.5. The predicted octanol–water partition coefficient (Wildman–Crippen LogP) is 4.95. The van der Waals surface area contributed by atoms with E-state index in [1.54, 1.807) is 23.1 Å². The molecular formula is C24H22N2O5. The lowest BCUT2D eigenvalue weighted by Crippen LogP contribution is -2.48. The van der Waals surface area contributed by atoms with E-state index in [4.69, 9.17) is 4.74 Å². The van der Waals surface area contributed by atoms with Crippen LogP contribution in [0.15, 0.2) is 66.7 Å². The third-order valence-electron chi connectivity index (χ3n) is 5.61. The van der Waals surface area contributed by atoms with Crippen molar-refractivity contribution >= 4 is 17.3 Å². The number of aryl methyl sites for hydroxylation is 1. The molecule has 0 aromatic heterocycles. The van der Waals surface area contributed by atoms with Crippen LogP contribution in [0.3, 0.4) is 0 Å². The van der Waals surface area contributed by atoms with E-state index in [9.17, 15) is 20.0 Å². The third kappa shape index (κ3) is 3.48. The first-order valence-electron chi connectivity index (χ1n) is 9.84. The summed E-state index contributed by atoms with van der Waals surface area (Å²) in [4.78, 5) is 25.6. The van der Waals surface area contributed by atoms with Crippen molar-refractivity contribution in [2.75, 3.05) is 4.90 Å². The molecule has 1 aliphatic heterocycles. The molecule has 0 fully saturated rings. The number of carbonyl (C=O) groups is 1. The van der Waals surface area contributed by atoms with Crippen LogP contribution in [0.1, 0.15) is 35.3 Å². The second-order valence-electron chi connectivity index (χ2n) is 8.16. The number of anilines is 1. The van der Waals surface area contributed by atoms with Gasteiger partial charge in [0.25, 0.3) is 11.6 Å². The fraction of sp³-hybridized carbons (Fsp3) is 0.208. The lowest BCUT2D eigenvalue weighted by atomic mass is 9.85. The first kappa shape index (κ1) is 20.4. The molecule has 0 bridgehead atoms. The molecule has 0 radical (unpaired) electrons. The topological polar surface area (TPSA) is 92.9 Å². The van der Waals surface area contributed by atoms with Gasteiger partial charge < -0.3 is 9.84 Å². The number of para-hydroxylation sites is 1. The van der Waals surface area contributed by atoms with Crippen molar-refractivity contribution in [1.29, 1.82) is 0 Å². The fourth-order valence-corrected chi connectivity index (χ4v) is 3.93. The number of phenolic OH excluding ortho intramolecular Hbond substituents is 1. The molecule has 7 heteroatoms. The number of rotatable bonds is 4. The number of nitro groups is 1. The summed E-state index contributed by atoms with van der Waals surface area (Å²) in [5, 5.41) is 21.3. The summed E-state index contributed by atoms with van der Waals surface area (Å²) >= 11 is 0. The highest BCUT2D eigenvalue weighted by Crippen LogP contribution is 2.47. The molecule has 0 spiro atoms. The Bertz CT molecular complexity index is 1170. The van der Waals surface area contributed by atoms with E-state index in [2.05, 4.69) is 0 Å². The van der Waals surface area contributed by atoms with Crippen LogP contribution in [0.2, 0.25) is 0 Å². The Morgan fingerprint density at radius 1 is 1.10 bits per heavy atom. The third-order valence-corrected chi connectivity index (χ3v) is 5.61. The number of benzene rings is 3. The largest absolute Gasteiger partial charge is 0.504 e. The molecule has 4 rings (SSSR count). The van der Waals surface area contributed by atoms with Crippen LogP contribution < -0.4 is 9.64 Å². The second-order valence-corrected chi connectivity index (χ2v) is 8.16. The SMILES string of the molecule is Cc1ccc(O)c(OC2N(C(=O)c3ccc([N+](=O)[O-])cc3)c3ccccc3C2(C)C)c1. The van der Waals surface area contributed by atoms with Gasteiger partial charge in [-0.1, -0.05) is 38.1 Å². The molecule has 0 aliphatic carbocycles. The van der Waals surface area contributed by atoms with Crippen LogP contribution in [-0.2, 0) is 5.41 Å². The van der Waals surface area contributed by atoms with E-state index in [1.165, 1.54) is 24.3 Å². The van der Waals surface area contributed by atoms with Gasteiger partial charge in [-0.05, 0) is 48.4 Å². The van der Waals surface area contributed by atoms with Crippen LogP contribution in [0.5, 0.6) is 11.5 Å². The van der Waals surface area contributed by atoms with Crippen molar-refractivity contribution in [1.82, 2.24) is 0 Å². The number of carbonyl (C=O) groups excluding carboxylic acids is 1. The Balaban J connectivity index is 1.79. The molecule has 3 aromatic carbocycles. The molecule has 1 N–H and O–H groups in total. The van der Waals surface area contributed by atoms with E-state index < -0.39 is 16.6 Å². The minimum atomic E-state index is -0.736. The summed E-state index contributed by atoms with van der Waals surface area (Å²) < 4.78 is 6.25. The van der Waals surface area contributed by atoms with E-state index >= 15 is 0 Å². The lowest BCUT2D eigenvalue weighted by Gasteiger charge is -2.33. The molecule has 1 aliphatic rings. The maximum atomic E-state index is 13.5. The van der Waals surface area contributed by atoms with Gasteiger partial charge in [0.1, 0.15) is 0 Å². The zero-order valence-electron chi connectivity index (χ0n) is 17.4. The zero-order chi connectivity index (χ0) is 22.3. The van der Waals surface area contributed by atoms with E-state index in [-0.39, 0.29) is 23.1 Å². The number of amides is 1. The Morgan fingerprint density at radius 3 is 2.45 bits per heavy atom. The van der Waals surface area contributed by atoms with Gasteiger partial charge in [-0.15, -0.1) is 0 Å². The molecule has 158 valence electrons. The van der Waals surface area contributed by atoms with Gasteiger partial charge >= 0.3 is 0 Å². The van der Waals surface area contributed by atoms with Crippen molar-refractivity contribution in [3.8, 4) is 11.5 Å². The van der Waals surface area contributed by atoms with Crippen molar-refractivity contribution in [2.45, 2.75) is 32.4 Å². The Morgan fingerprint density at radius 2 is 1.77 bits per heavy atom. The van der Waals surface area contributed by atoms with Crippen LogP contribution in [0, 0.1) is 17.0 Å². The van der Waals surface area contributed by atoms with Crippen molar-refractivity contribution in [3.63, 3.8) is 0 Å². The molecule has 1 unspecified atom stereocenters. The average molecular weight is 418 g/mol. The van der Waals surface area contributed by atoms with Gasteiger partial charge in [0, 0.05) is 23.1 Å². The van der Waals surface area contributed by atoms with Gasteiger partial charge in [-0.2, -0.15) is 0 Å². The number of non-ortho nitro benzene ring substituents is 1. The fourth-order valence-electron chi connectivity index (χ4n) is 3.93. The second kappa shape index (κ2) is 7.43. The molecule has 0 saturated carbocycles. The molecule has 3 aromatic rings. The van der Waals surface area contributed by atoms with Crippen LogP contribution >= 0.6 is 0 Å². The number of fused-ring (bicyclic) bond motifs is 1. The maximum Gasteiger partial charge on any atom is 0.269 e. The Kier molecular flexibility index (Phi) is 4.89. The molecule has 7 nitrogen and oxygen atoms in total. The van der Waals surface area contributed by atoms with Crippen LogP contribution in [-0.4, -0.2) is 22.2 Å². The zero-order valence-corrected chi connectivity index (χ0v) is 17.4. The van der Waals surface area contributed by atoms with Crippen LogP contribution in [0.4, 0.5) is 11.4 Å². The number of ether oxygens (including phenoxy) is 1. The standard InChI is InChI=1S/C24H22N2O5/c1-15-8-13-20(27)21(14-15)31-23-24(2,3)18-6-4-5-7-19(18)25(23)22(28)16-9-11-17(12-10-16)26(29)30/h4-14,23,27H,1-3H3. The first-order valence-corrected chi connectivity index (χ1v) is 9.84. The minimum absolute atomic E-state index is 0.0138. The number of nitro benzene ring substituents is 1. The van der Waals surface area contributed by atoms with Crippen LogP contribution in [0.25, 0.3) is 0 Å². The summed E-state index contributed by atoms with van der Waals surface area (Å²) in [6.45, 7) is 5.85. The van der Waals surface area contributed by atoms with Gasteiger partial charge in [0.2, 0.25) is 0 Å². The van der Waals surface area contributed by atoms with Gasteiger partial charge in [0.15, 0.2) is 17.7 Å². The van der Waals surface area contributed by atoms with Crippen molar-refractivity contribution in [2.24, 2.45) is 0 Å². The quantitative estimate of drug-likeness (QED) is 0.478. The number of nitrogens with zero attached hydrogens (tertiary/aromatic N) is 2. The smallest absolute Gasteiger partial charge is 0.269 e. The van der Waals surface area contributed by atoms with Gasteiger partial charge in [-0.3, -0.25) is 19.8 Å². The van der Waals surface area contributed by atoms with E-state index in [1.807, 2.05) is 45.0 Å². The number of hydrogen-bond donors (Lipinski definition) is 1. The Labute approximate surface area is 179 Å². The van der Waals surface area contributed by atoms with Crippen molar-refractivity contribution < 1.29 is 19.6 Å². The highest BCUT2D eigenvalue weighted by molar-refractivity contribution is 6.08. The van der Waals surface area contributed by atoms with E-state index in [0.717, 1.165) is 11.1 Å². The Hall–Kier alpha value is -3.87. The van der Waals surface area contributed by atoms with Gasteiger partial charge in [0.05, 0.1) is 10.6 Å². The normalized spacial score (nSPS) is 16.6. The number of hydrogen-bond acceptors (Lipinski definition) is 5. The minimum Gasteiger partial charge on any atom is -0.504 e. The van der Waals surface area contributed by atoms with Gasteiger partial charge in [-0.25, -0.2) is 0 Å². The van der Waals surface area contributed by atoms with Crippen molar-refractivity contribution in [3.05, 3.63) is 93.5 Å². The van der Waals surface area contributed by atoms with E-state index in [0.29, 0.717) is 11.3 Å². The summed E-state index contributed by atoms with van der Waals surface area (Å²) in [5.41, 5.74) is 2.18. The highest BCUT2D eigenvalue weighted by atomic mass is 16.6. The molecule has 0 saturated heterocycles. The number of aromatic hydroxyl groups is 1. The molecule has 1 atom stereocenters. The first-order chi connectivity index (χ1) is 14.7. The molecular weight excluding hydrogens is 396 g/mol. The molecule has 1 amide bonds. The average Bonchev–Trinajstić information content (AvgIpc) is 2.97. The summed E-state index contributed by atoms with van der Waals surface area (Å²) in [5.74, 6) is -0.0717. The highest BCUT2D eigenvalue weighted by Gasteiger charge is 2.49. The summed E-state index contributed by atoms with van der Waals surface area (Å²) in [6, 6.07) is 18.1. The monoisotopic (exact) mass is 418 g/mol. The lowest BCUT2D eigenvalue weighted by molar-refractivity contribution is -0.384. The summed E-state index contributed by atoms with van der Waals surface area (Å²) in [6.07, 6.45) is -0.736. The summed E-state index contributed by atoms with van der Waals surface area (Å²) in [7, 11) is 0.